The van der Waals surface area contributed by atoms with E-state index in [0.717, 1.165) is 45.9 Å². The highest BCUT2D eigenvalue weighted by molar-refractivity contribution is 7.19. The molecule has 5 aromatic heterocycles. The summed E-state index contributed by atoms with van der Waals surface area (Å²) in [6.07, 6.45) is 5.19. The van der Waals surface area contributed by atoms with Crippen LogP contribution in [0.2, 0.25) is 0 Å². The molecular formula is C25H28N6OS. The van der Waals surface area contributed by atoms with Crippen LogP contribution in [-0.2, 0) is 19.4 Å². The Kier molecular flexibility index (Phi) is 4.52. The lowest BCUT2D eigenvalue weighted by molar-refractivity contribution is 0.218. The largest absolute Gasteiger partial charge is 0.456 e. The number of furan rings is 1. The van der Waals surface area contributed by atoms with Crippen molar-refractivity contribution in [2.45, 2.75) is 60.4 Å². The zero-order valence-electron chi connectivity index (χ0n) is 19.7. The fourth-order valence-electron chi connectivity index (χ4n) is 4.98. The molecule has 7 nitrogen and oxygen atoms in total. The van der Waals surface area contributed by atoms with Gasteiger partial charge in [0.25, 0.3) is 0 Å². The first-order valence-electron chi connectivity index (χ1n) is 11.5. The van der Waals surface area contributed by atoms with Gasteiger partial charge < -0.3 is 4.42 Å². The van der Waals surface area contributed by atoms with Gasteiger partial charge >= 0.3 is 0 Å². The van der Waals surface area contributed by atoms with Gasteiger partial charge in [-0.3, -0.25) is 4.68 Å². The second-order valence-corrected chi connectivity index (χ2v) is 11.4. The Morgan fingerprint density at radius 2 is 2.03 bits per heavy atom. The van der Waals surface area contributed by atoms with Crippen LogP contribution >= 0.6 is 11.3 Å². The second kappa shape index (κ2) is 7.25. The Bertz CT molecular complexity index is 1490. The maximum Gasteiger partial charge on any atom is 0.217 e. The average molecular weight is 461 g/mol. The molecule has 1 aliphatic rings. The lowest BCUT2D eigenvalue weighted by atomic mass is 9.72. The van der Waals surface area contributed by atoms with Crippen molar-refractivity contribution in [3.8, 4) is 11.6 Å². The first-order chi connectivity index (χ1) is 15.8. The van der Waals surface area contributed by atoms with Crippen LogP contribution in [0.1, 0.15) is 54.8 Å². The average Bonchev–Trinajstić information content (AvgIpc) is 3.51. The molecule has 170 valence electrons. The Balaban J connectivity index is 1.36. The van der Waals surface area contributed by atoms with Crippen LogP contribution in [0.15, 0.2) is 28.9 Å². The third-order valence-electron chi connectivity index (χ3n) is 6.90. The van der Waals surface area contributed by atoms with Gasteiger partial charge in [-0.2, -0.15) is 5.10 Å². The molecule has 0 amide bonds. The summed E-state index contributed by atoms with van der Waals surface area (Å²) >= 11 is 1.82. The standard InChI is InChI=1S/C25H28N6OS/c1-14-10-15(2)30(28-14)12-17-7-9-19(32-17)22-27-23-21-18-8-6-16(25(3,4)5)11-20(18)33-24(21)26-13-31(23)29-22/h7,9-10,13,16H,6,8,11-12H2,1-5H3/t16-/m0/s1. The maximum absolute atomic E-state index is 6.11. The van der Waals surface area contributed by atoms with Crippen molar-refractivity contribution < 1.29 is 4.42 Å². The van der Waals surface area contributed by atoms with Crippen molar-refractivity contribution in [1.29, 1.82) is 0 Å². The van der Waals surface area contributed by atoms with Crippen LogP contribution in [0, 0.1) is 25.2 Å². The minimum Gasteiger partial charge on any atom is -0.456 e. The van der Waals surface area contributed by atoms with Gasteiger partial charge in [0.05, 0.1) is 17.6 Å². The number of fused-ring (bicyclic) bond motifs is 5. The number of rotatable bonds is 3. The fraction of sp³-hybridized carbons (Fsp3) is 0.440. The van der Waals surface area contributed by atoms with E-state index >= 15 is 0 Å². The van der Waals surface area contributed by atoms with E-state index in [0.29, 0.717) is 29.5 Å². The second-order valence-electron chi connectivity index (χ2n) is 10.3. The third-order valence-corrected chi connectivity index (χ3v) is 8.06. The van der Waals surface area contributed by atoms with Crippen LogP contribution in [0.5, 0.6) is 0 Å². The first kappa shape index (κ1) is 20.6. The van der Waals surface area contributed by atoms with Crippen molar-refractivity contribution in [2.24, 2.45) is 11.3 Å². The van der Waals surface area contributed by atoms with Crippen LogP contribution < -0.4 is 0 Å². The maximum atomic E-state index is 6.11. The minimum atomic E-state index is 0.322. The Morgan fingerprint density at radius 3 is 2.79 bits per heavy atom. The molecule has 0 radical (unpaired) electrons. The molecule has 0 fully saturated rings. The van der Waals surface area contributed by atoms with Crippen molar-refractivity contribution >= 4 is 27.2 Å². The van der Waals surface area contributed by atoms with E-state index in [4.69, 9.17) is 14.4 Å². The lowest BCUT2D eigenvalue weighted by Crippen LogP contribution is -2.26. The summed E-state index contributed by atoms with van der Waals surface area (Å²) in [5, 5.41) is 10.4. The van der Waals surface area contributed by atoms with E-state index in [9.17, 15) is 0 Å². The molecule has 6 rings (SSSR count). The molecule has 5 heterocycles. The molecule has 1 atom stereocenters. The zero-order chi connectivity index (χ0) is 22.9. The van der Waals surface area contributed by atoms with Crippen molar-refractivity contribution in [1.82, 2.24) is 29.4 Å². The number of aryl methyl sites for hydroxylation is 3. The molecule has 0 unspecified atom stereocenters. The predicted molar refractivity (Wildman–Crippen MR) is 130 cm³/mol. The smallest absolute Gasteiger partial charge is 0.217 e. The van der Waals surface area contributed by atoms with Gasteiger partial charge in [0.2, 0.25) is 5.82 Å². The van der Waals surface area contributed by atoms with Gasteiger partial charge in [-0.05, 0) is 68.2 Å². The van der Waals surface area contributed by atoms with Gasteiger partial charge in [0, 0.05) is 10.6 Å². The molecule has 0 aromatic carbocycles. The molecule has 0 N–H and O–H groups in total. The highest BCUT2D eigenvalue weighted by Crippen LogP contribution is 2.43. The predicted octanol–water partition coefficient (Wildman–Crippen LogP) is 5.61. The summed E-state index contributed by atoms with van der Waals surface area (Å²) in [4.78, 5) is 12.1. The molecule has 33 heavy (non-hydrogen) atoms. The van der Waals surface area contributed by atoms with E-state index in [1.165, 1.54) is 16.9 Å². The van der Waals surface area contributed by atoms with E-state index in [-0.39, 0.29) is 0 Å². The van der Waals surface area contributed by atoms with Gasteiger partial charge in [0.1, 0.15) is 16.9 Å². The van der Waals surface area contributed by atoms with E-state index in [1.807, 2.05) is 35.1 Å². The van der Waals surface area contributed by atoms with E-state index < -0.39 is 0 Å². The molecule has 0 saturated heterocycles. The molecule has 8 heteroatoms. The number of hydrogen-bond acceptors (Lipinski definition) is 6. The zero-order valence-corrected chi connectivity index (χ0v) is 20.5. The van der Waals surface area contributed by atoms with Crippen molar-refractivity contribution in [3.63, 3.8) is 0 Å². The summed E-state index contributed by atoms with van der Waals surface area (Å²) in [6.45, 7) is 11.7. The summed E-state index contributed by atoms with van der Waals surface area (Å²) in [5.41, 5.74) is 4.73. The summed E-state index contributed by atoms with van der Waals surface area (Å²) in [5.74, 6) is 2.79. The van der Waals surface area contributed by atoms with E-state index in [1.54, 1.807) is 10.8 Å². The quantitative estimate of drug-likeness (QED) is 0.350. The topological polar surface area (TPSA) is 74.0 Å². The molecule has 5 aromatic rings. The summed E-state index contributed by atoms with van der Waals surface area (Å²) < 4.78 is 9.85. The van der Waals surface area contributed by atoms with Crippen LogP contribution in [0.25, 0.3) is 27.4 Å². The van der Waals surface area contributed by atoms with Gasteiger partial charge in [0.15, 0.2) is 11.4 Å². The number of nitrogens with zero attached hydrogens (tertiary/aromatic N) is 6. The molecular weight excluding hydrogens is 432 g/mol. The highest BCUT2D eigenvalue weighted by atomic mass is 32.1. The Labute approximate surface area is 196 Å². The minimum absolute atomic E-state index is 0.322. The monoisotopic (exact) mass is 460 g/mol. The van der Waals surface area contributed by atoms with Gasteiger partial charge in [-0.15, -0.1) is 16.4 Å². The van der Waals surface area contributed by atoms with E-state index in [2.05, 4.69) is 44.0 Å². The summed E-state index contributed by atoms with van der Waals surface area (Å²) in [7, 11) is 0. The number of thiophene rings is 1. The summed E-state index contributed by atoms with van der Waals surface area (Å²) in [6, 6.07) is 5.98. The van der Waals surface area contributed by atoms with Crippen LogP contribution in [0.3, 0.4) is 0 Å². The Hall–Kier alpha value is -3.00. The van der Waals surface area contributed by atoms with Crippen LogP contribution in [-0.4, -0.2) is 29.4 Å². The Morgan fingerprint density at radius 1 is 1.18 bits per heavy atom. The molecule has 0 saturated carbocycles. The fourth-order valence-corrected chi connectivity index (χ4v) is 6.25. The van der Waals surface area contributed by atoms with Gasteiger partial charge in [-0.1, -0.05) is 20.8 Å². The molecule has 0 aliphatic heterocycles. The number of aromatic nitrogens is 6. The lowest BCUT2D eigenvalue weighted by Gasteiger charge is -2.33. The number of hydrogen-bond donors (Lipinski definition) is 0. The SMILES string of the molecule is Cc1cc(C)n(Cc2ccc(-c3nc4c5c6c(sc5ncn4n3)C[C@@H](C(C)(C)C)CC6)o2)n1. The van der Waals surface area contributed by atoms with Crippen molar-refractivity contribution in [2.75, 3.05) is 0 Å². The molecule has 0 spiro atoms. The van der Waals surface area contributed by atoms with Crippen molar-refractivity contribution in [3.05, 3.63) is 52.1 Å². The molecule has 0 bridgehead atoms. The van der Waals surface area contributed by atoms with Gasteiger partial charge in [-0.25, -0.2) is 14.5 Å². The third kappa shape index (κ3) is 3.47. The first-order valence-corrected chi connectivity index (χ1v) is 12.3. The normalized spacial score (nSPS) is 16.7. The van der Waals surface area contributed by atoms with Crippen LogP contribution in [0.4, 0.5) is 0 Å². The molecule has 1 aliphatic carbocycles. The highest BCUT2D eigenvalue weighted by Gasteiger charge is 2.32.